The fourth-order valence-corrected chi connectivity index (χ4v) is 4.56. The molecule has 6 nitrogen and oxygen atoms in total. The molecule has 1 aliphatic carbocycles. The number of carbonyl (C=O) groups is 1. The van der Waals surface area contributed by atoms with Crippen LogP contribution in [-0.2, 0) is 24.2 Å². The molecule has 0 atom stereocenters. The molecule has 0 radical (unpaired) electrons. The second-order valence-electron chi connectivity index (χ2n) is 6.41. The summed E-state index contributed by atoms with van der Waals surface area (Å²) in [7, 11) is 0. The molecule has 138 valence electrons. The Morgan fingerprint density at radius 2 is 2.07 bits per heavy atom. The third-order valence-electron chi connectivity index (χ3n) is 4.53. The van der Waals surface area contributed by atoms with Gasteiger partial charge in [0.2, 0.25) is 0 Å². The van der Waals surface area contributed by atoms with Gasteiger partial charge in [0.15, 0.2) is 0 Å². The molecule has 0 saturated carbocycles. The number of hydrazone groups is 1. The van der Waals surface area contributed by atoms with Crippen LogP contribution in [0.25, 0.3) is 10.2 Å². The number of carbonyl (C=O) groups excluding carboxylic acids is 1. The van der Waals surface area contributed by atoms with Gasteiger partial charge >= 0.3 is 0 Å². The second-order valence-corrected chi connectivity index (χ2v) is 7.93. The zero-order valence-electron chi connectivity index (χ0n) is 14.4. The van der Waals surface area contributed by atoms with Gasteiger partial charge in [0.05, 0.1) is 17.9 Å². The Morgan fingerprint density at radius 1 is 1.30 bits per heavy atom. The molecular formula is C19H17ClN4O2S. The van der Waals surface area contributed by atoms with E-state index in [2.05, 4.69) is 15.5 Å². The van der Waals surface area contributed by atoms with Crippen LogP contribution in [0.4, 0.5) is 0 Å². The molecule has 2 aromatic heterocycles. The average Bonchev–Trinajstić information content (AvgIpc) is 3.05. The summed E-state index contributed by atoms with van der Waals surface area (Å²) in [6.07, 6.45) is 7.13. The molecule has 8 heteroatoms. The fourth-order valence-electron chi connectivity index (χ4n) is 3.21. The normalized spacial score (nSPS) is 13.8. The van der Waals surface area contributed by atoms with Gasteiger partial charge in [-0.3, -0.25) is 14.2 Å². The van der Waals surface area contributed by atoms with E-state index in [0.29, 0.717) is 10.4 Å². The van der Waals surface area contributed by atoms with Gasteiger partial charge < -0.3 is 0 Å². The minimum absolute atomic E-state index is 0.121. The lowest BCUT2D eigenvalue weighted by Gasteiger charge is -2.10. The molecule has 1 aliphatic rings. The summed E-state index contributed by atoms with van der Waals surface area (Å²) in [5.41, 5.74) is 4.21. The third-order valence-corrected chi connectivity index (χ3v) is 5.98. The zero-order chi connectivity index (χ0) is 18.8. The first-order valence-electron chi connectivity index (χ1n) is 8.69. The van der Waals surface area contributed by atoms with Crippen molar-refractivity contribution < 1.29 is 4.79 Å². The van der Waals surface area contributed by atoms with E-state index in [1.165, 1.54) is 22.0 Å². The third kappa shape index (κ3) is 3.79. The van der Waals surface area contributed by atoms with Crippen LogP contribution in [0.2, 0.25) is 5.02 Å². The van der Waals surface area contributed by atoms with Crippen LogP contribution in [0.15, 0.2) is 40.5 Å². The summed E-state index contributed by atoms with van der Waals surface area (Å²) < 4.78 is 1.34. The van der Waals surface area contributed by atoms with Crippen molar-refractivity contribution in [3.63, 3.8) is 0 Å². The van der Waals surface area contributed by atoms with Gasteiger partial charge in [0.25, 0.3) is 11.5 Å². The molecule has 27 heavy (non-hydrogen) atoms. The molecule has 0 saturated heterocycles. The van der Waals surface area contributed by atoms with Crippen molar-refractivity contribution in [2.45, 2.75) is 32.2 Å². The van der Waals surface area contributed by atoms with E-state index in [0.717, 1.165) is 41.6 Å². The zero-order valence-corrected chi connectivity index (χ0v) is 16.0. The average molecular weight is 401 g/mol. The number of nitrogens with one attached hydrogen (secondary N) is 1. The van der Waals surface area contributed by atoms with Crippen LogP contribution in [-0.4, -0.2) is 21.7 Å². The highest BCUT2D eigenvalue weighted by Crippen LogP contribution is 2.33. The Bertz CT molecular complexity index is 1090. The second kappa shape index (κ2) is 7.62. The number of amides is 1. The maximum absolute atomic E-state index is 12.8. The molecular weight excluding hydrogens is 384 g/mol. The molecule has 0 aliphatic heterocycles. The van der Waals surface area contributed by atoms with E-state index < -0.39 is 0 Å². The Morgan fingerprint density at radius 3 is 2.89 bits per heavy atom. The molecule has 1 N–H and O–H groups in total. The number of hydrogen-bond acceptors (Lipinski definition) is 5. The number of halogens is 1. The minimum Gasteiger partial charge on any atom is -0.289 e. The van der Waals surface area contributed by atoms with Crippen LogP contribution in [0, 0.1) is 0 Å². The molecule has 0 fully saturated rings. The monoisotopic (exact) mass is 400 g/mol. The van der Waals surface area contributed by atoms with E-state index in [9.17, 15) is 9.59 Å². The SMILES string of the molecule is O=C(Cn1cnc2sc3c(c2c1=O)CCCC3)NN=Cc1ccc(Cl)cc1. The van der Waals surface area contributed by atoms with E-state index in [1.807, 2.05) is 0 Å². The largest absolute Gasteiger partial charge is 0.289 e. The van der Waals surface area contributed by atoms with Crippen LogP contribution in [0.1, 0.15) is 28.8 Å². The van der Waals surface area contributed by atoms with Crippen molar-refractivity contribution in [3.05, 3.63) is 62.0 Å². The van der Waals surface area contributed by atoms with E-state index in [1.54, 1.807) is 35.6 Å². The summed E-state index contributed by atoms with van der Waals surface area (Å²) in [5.74, 6) is -0.382. The summed E-state index contributed by atoms with van der Waals surface area (Å²) in [5, 5.41) is 5.23. The van der Waals surface area contributed by atoms with Gasteiger partial charge in [-0.1, -0.05) is 23.7 Å². The summed E-state index contributed by atoms with van der Waals surface area (Å²) in [6, 6.07) is 7.07. The Labute approximate surface area is 164 Å². The van der Waals surface area contributed by atoms with Crippen LogP contribution >= 0.6 is 22.9 Å². The maximum atomic E-state index is 12.8. The van der Waals surface area contributed by atoms with Crippen LogP contribution in [0.5, 0.6) is 0 Å². The molecule has 0 bridgehead atoms. The van der Waals surface area contributed by atoms with Gasteiger partial charge in [-0.15, -0.1) is 11.3 Å². The molecule has 4 rings (SSSR count). The van der Waals surface area contributed by atoms with Gasteiger partial charge in [-0.05, 0) is 48.9 Å². The Hall–Kier alpha value is -2.51. The van der Waals surface area contributed by atoms with E-state index in [-0.39, 0.29) is 18.0 Å². The molecule has 1 amide bonds. The lowest BCUT2D eigenvalue weighted by atomic mass is 9.97. The van der Waals surface area contributed by atoms with Crippen molar-refractivity contribution in [2.24, 2.45) is 5.10 Å². The number of benzene rings is 1. The van der Waals surface area contributed by atoms with Crippen LogP contribution < -0.4 is 11.0 Å². The first-order valence-corrected chi connectivity index (χ1v) is 9.88. The van der Waals surface area contributed by atoms with Crippen molar-refractivity contribution in [3.8, 4) is 0 Å². The van der Waals surface area contributed by atoms with Crippen molar-refractivity contribution in [1.29, 1.82) is 0 Å². The first kappa shape index (κ1) is 17.9. The van der Waals surface area contributed by atoms with Crippen molar-refractivity contribution in [1.82, 2.24) is 15.0 Å². The van der Waals surface area contributed by atoms with Crippen molar-refractivity contribution in [2.75, 3.05) is 0 Å². The van der Waals surface area contributed by atoms with Crippen molar-refractivity contribution >= 4 is 45.3 Å². The predicted octanol–water partition coefficient (Wildman–Crippen LogP) is 3.14. The smallest absolute Gasteiger partial charge is 0.262 e. The number of aryl methyl sites for hydroxylation is 2. The fraction of sp³-hybridized carbons (Fsp3) is 0.263. The number of aromatic nitrogens is 2. The van der Waals surface area contributed by atoms with Crippen LogP contribution in [0.3, 0.4) is 0 Å². The van der Waals surface area contributed by atoms with E-state index in [4.69, 9.17) is 11.6 Å². The summed E-state index contributed by atoms with van der Waals surface area (Å²) in [6.45, 7) is -0.121. The lowest BCUT2D eigenvalue weighted by Crippen LogP contribution is -2.30. The van der Waals surface area contributed by atoms with E-state index >= 15 is 0 Å². The Balaban J connectivity index is 1.49. The highest BCUT2D eigenvalue weighted by molar-refractivity contribution is 7.18. The maximum Gasteiger partial charge on any atom is 0.262 e. The predicted molar refractivity (Wildman–Crippen MR) is 108 cm³/mol. The van der Waals surface area contributed by atoms with Gasteiger partial charge in [0.1, 0.15) is 11.4 Å². The number of thiophene rings is 1. The molecule has 2 heterocycles. The summed E-state index contributed by atoms with van der Waals surface area (Å²) in [4.78, 5) is 31.4. The first-order chi connectivity index (χ1) is 13.1. The molecule has 0 unspecified atom stereocenters. The lowest BCUT2D eigenvalue weighted by molar-refractivity contribution is -0.121. The number of nitrogens with zero attached hydrogens (tertiary/aromatic N) is 3. The number of fused-ring (bicyclic) bond motifs is 3. The van der Waals surface area contributed by atoms with Gasteiger partial charge in [-0.25, -0.2) is 10.4 Å². The number of rotatable bonds is 4. The topological polar surface area (TPSA) is 76.3 Å². The highest BCUT2D eigenvalue weighted by Gasteiger charge is 2.20. The summed E-state index contributed by atoms with van der Waals surface area (Å²) >= 11 is 7.42. The standard InChI is InChI=1S/C19H17ClN4O2S/c20-13-7-5-12(6-8-13)9-22-23-16(25)10-24-11-21-18-17(19(24)26)14-3-1-2-4-15(14)27-18/h5-9,11H,1-4,10H2,(H,23,25). The highest BCUT2D eigenvalue weighted by atomic mass is 35.5. The minimum atomic E-state index is -0.382. The quantitative estimate of drug-likeness (QED) is 0.540. The number of hydrogen-bond donors (Lipinski definition) is 1. The Kier molecular flexibility index (Phi) is 5.05. The van der Waals surface area contributed by atoms with Gasteiger partial charge in [0, 0.05) is 9.90 Å². The molecule has 1 aromatic carbocycles. The van der Waals surface area contributed by atoms with Gasteiger partial charge in [-0.2, -0.15) is 5.10 Å². The molecule has 3 aromatic rings. The molecule has 0 spiro atoms.